The second-order valence-corrected chi connectivity index (χ2v) is 6.90. The summed E-state index contributed by atoms with van der Waals surface area (Å²) in [5.41, 5.74) is 7.87. The molecule has 0 aliphatic carbocycles. The standard InChI is InChI=1S/C16H25N3OS/c1-10-8-11(2)12(3)19(9-10)13-6-5-7-14(21-4)15(13)16(17)18-20/h5-7,10-12,20H,8-9H2,1-4H3,(H2,17,18). The van der Waals surface area contributed by atoms with Crippen molar-refractivity contribution in [3.63, 3.8) is 0 Å². The van der Waals surface area contributed by atoms with Crippen LogP contribution in [0.3, 0.4) is 0 Å². The highest BCUT2D eigenvalue weighted by Gasteiger charge is 2.31. The van der Waals surface area contributed by atoms with Crippen molar-refractivity contribution >= 4 is 23.3 Å². The molecule has 21 heavy (non-hydrogen) atoms. The summed E-state index contributed by atoms with van der Waals surface area (Å²) in [7, 11) is 0. The van der Waals surface area contributed by atoms with Crippen LogP contribution >= 0.6 is 11.8 Å². The molecule has 3 N–H and O–H groups in total. The van der Waals surface area contributed by atoms with Gasteiger partial charge in [-0.1, -0.05) is 25.1 Å². The monoisotopic (exact) mass is 307 g/mol. The number of nitrogens with zero attached hydrogens (tertiary/aromatic N) is 2. The lowest BCUT2D eigenvalue weighted by atomic mass is 9.85. The van der Waals surface area contributed by atoms with Gasteiger partial charge in [0.1, 0.15) is 0 Å². The number of nitrogens with two attached hydrogens (primary N) is 1. The van der Waals surface area contributed by atoms with Crippen LogP contribution in [0.25, 0.3) is 0 Å². The molecule has 1 aromatic carbocycles. The molecule has 1 fully saturated rings. The molecule has 0 amide bonds. The van der Waals surface area contributed by atoms with E-state index in [0.29, 0.717) is 17.9 Å². The summed E-state index contributed by atoms with van der Waals surface area (Å²) in [6.45, 7) is 7.86. The third-order valence-electron chi connectivity index (χ3n) is 4.50. The van der Waals surface area contributed by atoms with Crippen LogP contribution in [0.2, 0.25) is 0 Å². The zero-order valence-electron chi connectivity index (χ0n) is 13.2. The lowest BCUT2D eigenvalue weighted by Crippen LogP contribution is -2.46. The van der Waals surface area contributed by atoms with Crippen LogP contribution in [0.1, 0.15) is 32.8 Å². The largest absolute Gasteiger partial charge is 0.409 e. The number of benzene rings is 1. The molecular formula is C16H25N3OS. The zero-order valence-corrected chi connectivity index (χ0v) is 14.0. The van der Waals surface area contributed by atoms with Crippen molar-refractivity contribution in [1.82, 2.24) is 0 Å². The van der Waals surface area contributed by atoms with Crippen LogP contribution in [-0.4, -0.2) is 29.9 Å². The predicted molar refractivity (Wildman–Crippen MR) is 90.5 cm³/mol. The van der Waals surface area contributed by atoms with Crippen LogP contribution in [0, 0.1) is 11.8 Å². The Morgan fingerprint density at radius 3 is 2.71 bits per heavy atom. The van der Waals surface area contributed by atoms with Crippen LogP contribution in [0.5, 0.6) is 0 Å². The van der Waals surface area contributed by atoms with E-state index in [1.165, 1.54) is 6.42 Å². The maximum atomic E-state index is 9.14. The normalized spacial score (nSPS) is 27.0. The van der Waals surface area contributed by atoms with E-state index in [1.54, 1.807) is 11.8 Å². The van der Waals surface area contributed by atoms with Crippen LogP contribution in [0.4, 0.5) is 5.69 Å². The molecule has 1 aromatic rings. The van der Waals surface area contributed by atoms with E-state index in [4.69, 9.17) is 10.9 Å². The summed E-state index contributed by atoms with van der Waals surface area (Å²) in [6, 6.07) is 6.59. The molecule has 1 heterocycles. The SMILES string of the molecule is CSc1cccc(N2CC(C)CC(C)C2C)c1/C(N)=N/O. The minimum Gasteiger partial charge on any atom is -0.409 e. The van der Waals surface area contributed by atoms with Gasteiger partial charge in [-0.2, -0.15) is 0 Å². The van der Waals surface area contributed by atoms with Crippen molar-refractivity contribution in [2.75, 3.05) is 17.7 Å². The third kappa shape index (κ3) is 3.12. The second-order valence-electron chi connectivity index (χ2n) is 6.05. The molecule has 3 atom stereocenters. The Hall–Kier alpha value is -1.36. The smallest absolute Gasteiger partial charge is 0.173 e. The Balaban J connectivity index is 2.52. The Kier molecular flexibility index (Phi) is 5.04. The molecule has 1 saturated heterocycles. The number of piperidine rings is 1. The summed E-state index contributed by atoms with van der Waals surface area (Å²) in [5, 5.41) is 12.4. The Morgan fingerprint density at radius 1 is 1.38 bits per heavy atom. The molecule has 3 unspecified atom stereocenters. The third-order valence-corrected chi connectivity index (χ3v) is 5.28. The molecule has 0 bridgehead atoms. The molecule has 0 spiro atoms. The zero-order chi connectivity index (χ0) is 15.6. The first-order chi connectivity index (χ1) is 9.99. The minimum absolute atomic E-state index is 0.188. The van der Waals surface area contributed by atoms with Crippen molar-refractivity contribution in [1.29, 1.82) is 0 Å². The fourth-order valence-corrected chi connectivity index (χ4v) is 3.90. The molecule has 4 nitrogen and oxygen atoms in total. The predicted octanol–water partition coefficient (Wildman–Crippen LogP) is 3.37. The van der Waals surface area contributed by atoms with Crippen molar-refractivity contribution in [3.8, 4) is 0 Å². The first kappa shape index (κ1) is 16.0. The van der Waals surface area contributed by atoms with E-state index in [2.05, 4.69) is 36.9 Å². The van der Waals surface area contributed by atoms with Gasteiger partial charge >= 0.3 is 0 Å². The number of hydrogen-bond donors (Lipinski definition) is 2. The maximum Gasteiger partial charge on any atom is 0.173 e. The number of hydrogen-bond acceptors (Lipinski definition) is 4. The fraction of sp³-hybridized carbons (Fsp3) is 0.562. The number of oxime groups is 1. The van der Waals surface area contributed by atoms with Gasteiger partial charge in [-0.3, -0.25) is 0 Å². The highest BCUT2D eigenvalue weighted by molar-refractivity contribution is 7.98. The van der Waals surface area contributed by atoms with Gasteiger partial charge in [-0.25, -0.2) is 0 Å². The number of thioether (sulfide) groups is 1. The first-order valence-corrected chi connectivity index (χ1v) is 8.63. The lowest BCUT2D eigenvalue weighted by Gasteiger charge is -2.43. The van der Waals surface area contributed by atoms with E-state index in [-0.39, 0.29) is 5.84 Å². The topological polar surface area (TPSA) is 61.8 Å². The van der Waals surface area contributed by atoms with Crippen molar-refractivity contribution < 1.29 is 5.21 Å². The first-order valence-electron chi connectivity index (χ1n) is 7.41. The average molecular weight is 307 g/mol. The summed E-state index contributed by atoms with van der Waals surface area (Å²) in [6.07, 6.45) is 3.26. The van der Waals surface area contributed by atoms with Crippen molar-refractivity contribution in [3.05, 3.63) is 23.8 Å². The molecule has 5 heteroatoms. The van der Waals surface area contributed by atoms with E-state index in [0.717, 1.165) is 22.7 Å². The molecule has 0 radical (unpaired) electrons. The maximum absolute atomic E-state index is 9.14. The highest BCUT2D eigenvalue weighted by atomic mass is 32.2. The molecule has 1 aliphatic heterocycles. The number of amidine groups is 1. The summed E-state index contributed by atoms with van der Waals surface area (Å²) < 4.78 is 0. The van der Waals surface area contributed by atoms with Gasteiger partial charge in [0.05, 0.1) is 5.56 Å². The van der Waals surface area contributed by atoms with E-state index >= 15 is 0 Å². The van der Waals surface area contributed by atoms with Gasteiger partial charge in [0, 0.05) is 23.2 Å². The van der Waals surface area contributed by atoms with Gasteiger partial charge in [-0.15, -0.1) is 11.8 Å². The van der Waals surface area contributed by atoms with Crippen molar-refractivity contribution in [2.45, 2.75) is 38.1 Å². The summed E-state index contributed by atoms with van der Waals surface area (Å²) in [5.74, 6) is 1.47. The van der Waals surface area contributed by atoms with Gasteiger partial charge in [0.2, 0.25) is 0 Å². The Labute approximate surface area is 131 Å². The van der Waals surface area contributed by atoms with Crippen LogP contribution in [-0.2, 0) is 0 Å². The number of rotatable bonds is 3. The Morgan fingerprint density at radius 2 is 2.10 bits per heavy atom. The second kappa shape index (κ2) is 6.60. The molecule has 2 rings (SSSR count). The van der Waals surface area contributed by atoms with Crippen LogP contribution in [0.15, 0.2) is 28.3 Å². The fourth-order valence-electron chi connectivity index (χ4n) is 3.27. The molecule has 0 saturated carbocycles. The number of anilines is 1. The van der Waals surface area contributed by atoms with Gasteiger partial charge in [0.25, 0.3) is 0 Å². The minimum atomic E-state index is 0.188. The average Bonchev–Trinajstić information content (AvgIpc) is 2.49. The molecule has 0 aromatic heterocycles. The molecular weight excluding hydrogens is 282 g/mol. The molecule has 1 aliphatic rings. The van der Waals surface area contributed by atoms with Gasteiger partial charge < -0.3 is 15.8 Å². The molecule has 116 valence electrons. The van der Waals surface area contributed by atoms with Gasteiger partial charge in [-0.05, 0) is 43.6 Å². The van der Waals surface area contributed by atoms with E-state index < -0.39 is 0 Å². The lowest BCUT2D eigenvalue weighted by molar-refractivity contribution is 0.296. The summed E-state index contributed by atoms with van der Waals surface area (Å²) in [4.78, 5) is 3.45. The van der Waals surface area contributed by atoms with Crippen LogP contribution < -0.4 is 10.6 Å². The van der Waals surface area contributed by atoms with Crippen molar-refractivity contribution in [2.24, 2.45) is 22.7 Å². The Bertz CT molecular complexity index is 532. The van der Waals surface area contributed by atoms with Gasteiger partial charge in [0.15, 0.2) is 5.84 Å². The van der Waals surface area contributed by atoms with E-state index in [9.17, 15) is 0 Å². The summed E-state index contributed by atoms with van der Waals surface area (Å²) >= 11 is 1.62. The van der Waals surface area contributed by atoms with E-state index in [1.807, 2.05) is 18.4 Å². The quantitative estimate of drug-likeness (QED) is 0.295. The highest BCUT2D eigenvalue weighted by Crippen LogP contribution is 2.36.